The highest BCUT2D eigenvalue weighted by atomic mass is 79.9. The smallest absolute Gasteiger partial charge is 0.366 e. The number of pyridine rings is 1. The van der Waals surface area contributed by atoms with E-state index in [0.29, 0.717) is 39.3 Å². The molecule has 0 unspecified atom stereocenters. The number of rotatable bonds is 7. The second-order valence-electron chi connectivity index (χ2n) is 9.97. The maximum atomic E-state index is 13.6. The van der Waals surface area contributed by atoms with Crippen molar-refractivity contribution in [1.82, 2.24) is 14.8 Å². The number of fused-ring (bicyclic) bond motifs is 1. The molecule has 13 heteroatoms. The van der Waals surface area contributed by atoms with Gasteiger partial charge < -0.3 is 16.4 Å². The van der Waals surface area contributed by atoms with E-state index in [1.54, 1.807) is 73.1 Å². The van der Waals surface area contributed by atoms with Gasteiger partial charge in [0.15, 0.2) is 0 Å². The molecule has 0 saturated heterocycles. The van der Waals surface area contributed by atoms with Crippen LogP contribution in [0.15, 0.2) is 77.3 Å². The van der Waals surface area contributed by atoms with Gasteiger partial charge in [0.2, 0.25) is 5.91 Å². The number of nitrogens with two attached hydrogens (primary N) is 1. The van der Waals surface area contributed by atoms with Gasteiger partial charge >= 0.3 is 6.18 Å². The lowest BCUT2D eigenvalue weighted by atomic mass is 10.1. The van der Waals surface area contributed by atoms with Gasteiger partial charge in [0, 0.05) is 26.7 Å². The third kappa shape index (κ3) is 6.47. The summed E-state index contributed by atoms with van der Waals surface area (Å²) in [5.74, 6) is -1.71. The molecule has 0 spiro atoms. The number of aromatic nitrogens is 3. The first-order valence-electron chi connectivity index (χ1n) is 13.1. The van der Waals surface area contributed by atoms with E-state index < -0.39 is 23.7 Å². The SMILES string of the molecule is Cc1nn(Cc2ccc(C(=O)Nc3cccc(C(N)=O)c3)cc2)c(C)c1NC(=O)c1cc(C(F)(F)F)nc2ccc(Br)cc12. The third-order valence-electron chi connectivity index (χ3n) is 6.88. The fraction of sp³-hybridized carbons (Fsp3) is 0.129. The van der Waals surface area contributed by atoms with E-state index in [1.165, 1.54) is 12.1 Å². The molecule has 0 aliphatic carbocycles. The van der Waals surface area contributed by atoms with E-state index in [2.05, 4.69) is 36.6 Å². The monoisotopic (exact) mass is 664 g/mol. The molecule has 2 heterocycles. The number of carbonyl (C=O) groups excluding carboxylic acids is 3. The van der Waals surface area contributed by atoms with E-state index >= 15 is 0 Å². The van der Waals surface area contributed by atoms with Crippen molar-refractivity contribution < 1.29 is 27.6 Å². The molecule has 5 rings (SSSR count). The Morgan fingerprint density at radius 3 is 2.32 bits per heavy atom. The maximum absolute atomic E-state index is 13.6. The molecule has 4 N–H and O–H groups in total. The van der Waals surface area contributed by atoms with Crippen molar-refractivity contribution in [1.29, 1.82) is 0 Å². The van der Waals surface area contributed by atoms with Crippen LogP contribution in [0.5, 0.6) is 0 Å². The summed E-state index contributed by atoms with van der Waals surface area (Å²) in [6.07, 6.45) is -4.74. The lowest BCUT2D eigenvalue weighted by Gasteiger charge is -2.13. The van der Waals surface area contributed by atoms with Crippen LogP contribution in [0.25, 0.3) is 10.9 Å². The first kappa shape index (κ1) is 30.4. The van der Waals surface area contributed by atoms with Crippen molar-refractivity contribution in [2.75, 3.05) is 10.6 Å². The van der Waals surface area contributed by atoms with E-state index in [-0.39, 0.29) is 27.9 Å². The predicted octanol–water partition coefficient (Wildman–Crippen LogP) is 6.48. The summed E-state index contributed by atoms with van der Waals surface area (Å²) in [6.45, 7) is 3.72. The lowest BCUT2D eigenvalue weighted by Crippen LogP contribution is -2.17. The van der Waals surface area contributed by atoms with Crippen molar-refractivity contribution in [3.8, 4) is 0 Å². The molecule has 0 fully saturated rings. The van der Waals surface area contributed by atoms with Gasteiger partial charge in [-0.15, -0.1) is 0 Å². The van der Waals surface area contributed by atoms with Crippen LogP contribution in [0.2, 0.25) is 0 Å². The van der Waals surface area contributed by atoms with Gasteiger partial charge in [-0.1, -0.05) is 34.1 Å². The quantitative estimate of drug-likeness (QED) is 0.183. The van der Waals surface area contributed by atoms with E-state index in [0.717, 1.165) is 11.6 Å². The molecule has 2 aromatic heterocycles. The van der Waals surface area contributed by atoms with E-state index in [1.807, 2.05) is 0 Å². The van der Waals surface area contributed by atoms with Crippen LogP contribution in [0.3, 0.4) is 0 Å². The van der Waals surface area contributed by atoms with Crippen LogP contribution in [-0.2, 0) is 12.7 Å². The molecule has 224 valence electrons. The number of hydrogen-bond acceptors (Lipinski definition) is 5. The maximum Gasteiger partial charge on any atom is 0.433 e. The molecule has 9 nitrogen and oxygen atoms in total. The Morgan fingerprint density at radius 1 is 0.909 bits per heavy atom. The minimum absolute atomic E-state index is 0.0358. The number of amides is 3. The number of nitrogens with zero attached hydrogens (tertiary/aromatic N) is 3. The van der Waals surface area contributed by atoms with Gasteiger partial charge in [-0.2, -0.15) is 18.3 Å². The fourth-order valence-electron chi connectivity index (χ4n) is 4.63. The Kier molecular flexibility index (Phi) is 8.24. The fourth-order valence-corrected chi connectivity index (χ4v) is 4.99. The van der Waals surface area contributed by atoms with Gasteiger partial charge in [-0.05, 0) is 74.0 Å². The number of primary amides is 1. The van der Waals surface area contributed by atoms with Gasteiger partial charge in [-0.25, -0.2) is 4.98 Å². The number of aryl methyl sites for hydroxylation is 1. The summed E-state index contributed by atoms with van der Waals surface area (Å²) < 4.78 is 42.9. The standard InChI is InChI=1S/C31H24BrF3N6O3/c1-16-27(39-30(44)24-14-26(31(33,34)35)38-25-11-10-21(32)13-23(24)25)17(2)41(40-16)15-18-6-8-19(9-7-18)29(43)37-22-5-3-4-20(12-22)28(36)42/h3-14H,15H2,1-2H3,(H2,36,42)(H,37,43)(H,39,44). The Morgan fingerprint density at radius 2 is 1.64 bits per heavy atom. The summed E-state index contributed by atoms with van der Waals surface area (Å²) >= 11 is 3.30. The van der Waals surface area contributed by atoms with Gasteiger partial charge in [0.05, 0.1) is 34.7 Å². The van der Waals surface area contributed by atoms with Crippen molar-refractivity contribution in [2.45, 2.75) is 26.6 Å². The van der Waals surface area contributed by atoms with Gasteiger partial charge in [-0.3, -0.25) is 19.1 Å². The van der Waals surface area contributed by atoms with E-state index in [9.17, 15) is 27.6 Å². The normalized spacial score (nSPS) is 11.4. The Balaban J connectivity index is 1.34. The summed E-state index contributed by atoms with van der Waals surface area (Å²) in [5.41, 5.74) is 7.31. The van der Waals surface area contributed by atoms with Gasteiger partial charge in [0.1, 0.15) is 5.69 Å². The number of carbonyl (C=O) groups is 3. The second kappa shape index (κ2) is 11.9. The molecule has 3 aromatic carbocycles. The van der Waals surface area contributed by atoms with Crippen LogP contribution in [0.1, 0.15) is 53.7 Å². The minimum atomic E-state index is -4.74. The van der Waals surface area contributed by atoms with E-state index in [4.69, 9.17) is 5.73 Å². The Bertz CT molecular complexity index is 1940. The highest BCUT2D eigenvalue weighted by Crippen LogP contribution is 2.33. The van der Waals surface area contributed by atoms with Crippen molar-refractivity contribution in [2.24, 2.45) is 5.73 Å². The molecule has 0 atom stereocenters. The largest absolute Gasteiger partial charge is 0.433 e. The minimum Gasteiger partial charge on any atom is -0.366 e. The van der Waals surface area contributed by atoms with Crippen molar-refractivity contribution in [3.05, 3.63) is 117 Å². The average Bonchev–Trinajstić information content (AvgIpc) is 3.23. The Hall–Kier alpha value is -5.04. The molecular formula is C31H24BrF3N6O3. The van der Waals surface area contributed by atoms with Crippen LogP contribution in [0, 0.1) is 13.8 Å². The second-order valence-corrected chi connectivity index (χ2v) is 10.9. The first-order chi connectivity index (χ1) is 20.8. The number of alkyl halides is 3. The summed E-state index contributed by atoms with van der Waals surface area (Å²) in [7, 11) is 0. The first-order valence-corrected chi connectivity index (χ1v) is 13.9. The summed E-state index contributed by atoms with van der Waals surface area (Å²) in [5, 5.41) is 10.2. The molecule has 3 amide bonds. The number of nitrogens with one attached hydrogen (secondary N) is 2. The molecule has 0 saturated carbocycles. The molecule has 0 radical (unpaired) electrons. The zero-order valence-electron chi connectivity index (χ0n) is 23.3. The highest BCUT2D eigenvalue weighted by Gasteiger charge is 2.34. The Labute approximate surface area is 257 Å². The summed E-state index contributed by atoms with van der Waals surface area (Å²) in [4.78, 5) is 41.2. The average molecular weight is 665 g/mol. The zero-order chi connectivity index (χ0) is 31.8. The topological polar surface area (TPSA) is 132 Å². The van der Waals surface area contributed by atoms with Crippen LogP contribution in [-0.4, -0.2) is 32.5 Å². The van der Waals surface area contributed by atoms with Gasteiger partial charge in [0.25, 0.3) is 11.8 Å². The third-order valence-corrected chi connectivity index (χ3v) is 7.37. The molecule has 0 bridgehead atoms. The van der Waals surface area contributed by atoms with Crippen molar-refractivity contribution in [3.63, 3.8) is 0 Å². The highest BCUT2D eigenvalue weighted by molar-refractivity contribution is 9.10. The number of hydrogen-bond donors (Lipinski definition) is 3. The van der Waals surface area contributed by atoms with Crippen LogP contribution in [0.4, 0.5) is 24.5 Å². The number of benzene rings is 3. The molecular weight excluding hydrogens is 641 g/mol. The molecule has 0 aliphatic heterocycles. The number of halogens is 4. The zero-order valence-corrected chi connectivity index (χ0v) is 24.9. The number of anilines is 2. The molecule has 5 aromatic rings. The molecule has 44 heavy (non-hydrogen) atoms. The van der Waals surface area contributed by atoms with Crippen molar-refractivity contribution >= 4 is 55.9 Å². The molecule has 0 aliphatic rings. The summed E-state index contributed by atoms with van der Waals surface area (Å²) in [6, 6.07) is 18.3. The lowest BCUT2D eigenvalue weighted by molar-refractivity contribution is -0.141. The van der Waals surface area contributed by atoms with Crippen LogP contribution >= 0.6 is 15.9 Å². The van der Waals surface area contributed by atoms with Crippen LogP contribution < -0.4 is 16.4 Å². The predicted molar refractivity (Wildman–Crippen MR) is 163 cm³/mol.